The van der Waals surface area contributed by atoms with Gasteiger partial charge < -0.3 is 16.0 Å². The molecular weight excluding hydrogens is 334 g/mol. The second-order valence-corrected chi connectivity index (χ2v) is 6.13. The van der Waals surface area contributed by atoms with Crippen molar-refractivity contribution in [2.24, 2.45) is 16.6 Å². The molecule has 0 saturated carbocycles. The maximum atomic E-state index is 5.45. The number of hydrogen-bond donors (Lipinski definition) is 3. The Hall–Kier alpha value is -3.86. The molecule has 5 heteroatoms. The third kappa shape index (κ3) is 3.18. The summed E-state index contributed by atoms with van der Waals surface area (Å²) in [4.78, 5) is 0. The Morgan fingerprint density at radius 2 is 1.44 bits per heavy atom. The number of benzene rings is 3. The van der Waals surface area contributed by atoms with E-state index in [-0.39, 0.29) is 5.96 Å². The van der Waals surface area contributed by atoms with Gasteiger partial charge in [-0.25, -0.2) is 0 Å². The van der Waals surface area contributed by atoms with Gasteiger partial charge in [-0.2, -0.15) is 0 Å². The summed E-state index contributed by atoms with van der Waals surface area (Å²) in [5, 5.41) is 7.88. The lowest BCUT2D eigenvalue weighted by Gasteiger charge is -2.11. The topological polar surface area (TPSA) is 83.3 Å². The second kappa shape index (κ2) is 7.17. The highest BCUT2D eigenvalue weighted by molar-refractivity contribution is 6.06. The molecule has 0 fully saturated rings. The largest absolute Gasteiger partial charge is 0.365 e. The van der Waals surface area contributed by atoms with E-state index in [0.29, 0.717) is 0 Å². The number of fused-ring (bicyclic) bond motifs is 1. The van der Waals surface area contributed by atoms with Crippen LogP contribution >= 0.6 is 0 Å². The predicted molar refractivity (Wildman–Crippen MR) is 111 cm³/mol. The van der Waals surface area contributed by atoms with E-state index in [9.17, 15) is 0 Å². The van der Waals surface area contributed by atoms with Crippen molar-refractivity contribution in [3.63, 3.8) is 0 Å². The van der Waals surface area contributed by atoms with Gasteiger partial charge in [0.1, 0.15) is 0 Å². The molecule has 0 aliphatic carbocycles. The molecule has 4 aromatic rings. The third-order valence-electron chi connectivity index (χ3n) is 4.38. The minimum Gasteiger partial charge on any atom is -0.365 e. The molecule has 1 heterocycles. The van der Waals surface area contributed by atoms with Crippen LogP contribution in [0.25, 0.3) is 27.8 Å². The number of guanidine groups is 1. The van der Waals surface area contributed by atoms with E-state index in [1.54, 1.807) is 0 Å². The molecule has 0 aliphatic rings. The van der Waals surface area contributed by atoms with Crippen LogP contribution in [0.3, 0.4) is 0 Å². The Labute approximate surface area is 157 Å². The van der Waals surface area contributed by atoms with Gasteiger partial charge in [-0.1, -0.05) is 66.7 Å². The molecule has 0 aliphatic heterocycles. The number of aromatic nitrogens is 1. The van der Waals surface area contributed by atoms with Gasteiger partial charge >= 0.3 is 0 Å². The van der Waals surface area contributed by atoms with Crippen LogP contribution in [0.4, 0.5) is 0 Å². The highest BCUT2D eigenvalue weighted by Crippen LogP contribution is 2.35. The summed E-state index contributed by atoms with van der Waals surface area (Å²) in [6.45, 7) is 0. The summed E-state index contributed by atoms with van der Waals surface area (Å²) < 4.78 is 2.26. The first kappa shape index (κ1) is 16.6. The zero-order valence-corrected chi connectivity index (χ0v) is 14.7. The van der Waals surface area contributed by atoms with Gasteiger partial charge in [-0.05, 0) is 23.8 Å². The zero-order valence-electron chi connectivity index (χ0n) is 14.7. The van der Waals surface area contributed by atoms with Crippen molar-refractivity contribution in [1.82, 2.24) is 4.57 Å². The van der Waals surface area contributed by atoms with Crippen molar-refractivity contribution in [3.8, 4) is 16.9 Å². The number of hydrogen-bond acceptors (Lipinski definition) is 1. The minimum absolute atomic E-state index is 0.0145. The molecule has 0 amide bonds. The Balaban J connectivity index is 2.09. The molecule has 0 unspecified atom stereocenters. The SMILES string of the molecule is NC(N)=N/[NH+]=C/c1c(-c2ccccc2)n(-c2ccccc2)c2ccccc12. The summed E-state index contributed by atoms with van der Waals surface area (Å²) in [6, 6.07) is 28.9. The maximum Gasteiger partial charge on any atom is 0.256 e. The quantitative estimate of drug-likeness (QED) is 0.297. The molecule has 3 aromatic carbocycles. The van der Waals surface area contributed by atoms with Gasteiger partial charge in [-0.3, -0.25) is 0 Å². The van der Waals surface area contributed by atoms with Crippen molar-refractivity contribution in [2.75, 3.05) is 0 Å². The Morgan fingerprint density at radius 3 is 2.15 bits per heavy atom. The number of para-hydroxylation sites is 2. The summed E-state index contributed by atoms with van der Waals surface area (Å²) in [6.07, 6.45) is 1.84. The Bertz CT molecular complexity index is 1120. The van der Waals surface area contributed by atoms with E-state index in [1.807, 2.05) is 54.7 Å². The number of hydrazone groups is 1. The molecule has 132 valence electrons. The Morgan fingerprint density at radius 1 is 0.815 bits per heavy atom. The van der Waals surface area contributed by atoms with Crippen molar-refractivity contribution in [3.05, 3.63) is 90.5 Å². The second-order valence-electron chi connectivity index (χ2n) is 6.13. The van der Waals surface area contributed by atoms with Crippen LogP contribution in [0.5, 0.6) is 0 Å². The normalized spacial score (nSPS) is 11.1. The molecule has 5 nitrogen and oxygen atoms in total. The molecule has 0 spiro atoms. The highest BCUT2D eigenvalue weighted by atomic mass is 15.3. The lowest BCUT2D eigenvalue weighted by molar-refractivity contribution is -0.456. The first-order chi connectivity index (χ1) is 13.3. The number of nitrogens with two attached hydrogens (primary N) is 2. The monoisotopic (exact) mass is 354 g/mol. The summed E-state index contributed by atoms with van der Waals surface area (Å²) in [5.41, 5.74) is 16.3. The third-order valence-corrected chi connectivity index (χ3v) is 4.38. The maximum absolute atomic E-state index is 5.45. The van der Waals surface area contributed by atoms with Crippen molar-refractivity contribution < 1.29 is 5.10 Å². The lowest BCUT2D eigenvalue weighted by atomic mass is 10.1. The predicted octanol–water partition coefficient (Wildman–Crippen LogP) is 1.99. The number of rotatable bonds is 4. The van der Waals surface area contributed by atoms with Crippen LogP contribution in [-0.2, 0) is 0 Å². The van der Waals surface area contributed by atoms with Gasteiger partial charge in [0.05, 0.1) is 16.8 Å². The lowest BCUT2D eigenvalue weighted by Crippen LogP contribution is -2.63. The molecule has 1 aromatic heterocycles. The van der Waals surface area contributed by atoms with E-state index < -0.39 is 0 Å². The van der Waals surface area contributed by atoms with E-state index in [2.05, 4.69) is 51.2 Å². The highest BCUT2D eigenvalue weighted by Gasteiger charge is 2.20. The van der Waals surface area contributed by atoms with E-state index in [0.717, 1.165) is 33.4 Å². The standard InChI is InChI=1S/C22H19N5/c23-22(24)26-25-15-19-18-13-7-8-14-20(18)27(17-11-5-2-6-12-17)21(19)16-9-3-1-4-10-16/h1-15H,(H4,23,24,26)/p+1/b25-15+. The van der Waals surface area contributed by atoms with Crippen LogP contribution in [0.2, 0.25) is 0 Å². The fraction of sp³-hybridized carbons (Fsp3) is 0. The van der Waals surface area contributed by atoms with Crippen molar-refractivity contribution in [1.29, 1.82) is 0 Å². The van der Waals surface area contributed by atoms with Crippen LogP contribution < -0.4 is 16.6 Å². The number of nitrogens with zero attached hydrogens (tertiary/aromatic N) is 2. The van der Waals surface area contributed by atoms with Crippen LogP contribution in [0.15, 0.2) is 90.0 Å². The first-order valence-corrected chi connectivity index (χ1v) is 8.67. The van der Waals surface area contributed by atoms with E-state index in [4.69, 9.17) is 11.5 Å². The smallest absolute Gasteiger partial charge is 0.256 e. The zero-order chi connectivity index (χ0) is 18.6. The number of nitrogens with one attached hydrogen (secondary N) is 1. The minimum atomic E-state index is -0.0145. The molecule has 27 heavy (non-hydrogen) atoms. The van der Waals surface area contributed by atoms with Crippen LogP contribution in [0, 0.1) is 0 Å². The fourth-order valence-corrected chi connectivity index (χ4v) is 3.31. The summed E-state index contributed by atoms with van der Waals surface area (Å²) in [5.74, 6) is -0.0145. The van der Waals surface area contributed by atoms with Crippen molar-refractivity contribution in [2.45, 2.75) is 0 Å². The molecule has 0 bridgehead atoms. The summed E-state index contributed by atoms with van der Waals surface area (Å²) >= 11 is 0. The van der Waals surface area contributed by atoms with Gasteiger partial charge in [0, 0.05) is 16.2 Å². The molecular formula is C22H20N5+. The average Bonchev–Trinajstić information content (AvgIpc) is 3.03. The van der Waals surface area contributed by atoms with Crippen LogP contribution in [0.1, 0.15) is 5.56 Å². The fourth-order valence-electron chi connectivity index (χ4n) is 3.31. The molecule has 0 atom stereocenters. The average molecular weight is 354 g/mol. The molecule has 0 radical (unpaired) electrons. The van der Waals surface area contributed by atoms with Crippen LogP contribution in [-0.4, -0.2) is 16.7 Å². The molecule has 4 rings (SSSR count). The first-order valence-electron chi connectivity index (χ1n) is 8.67. The van der Waals surface area contributed by atoms with Gasteiger partial charge in [0.25, 0.3) is 5.96 Å². The van der Waals surface area contributed by atoms with Gasteiger partial charge in [0.2, 0.25) is 6.21 Å². The Kier molecular flexibility index (Phi) is 4.41. The van der Waals surface area contributed by atoms with Gasteiger partial charge in [-0.15, -0.1) is 5.10 Å². The molecule has 5 N–H and O–H groups in total. The van der Waals surface area contributed by atoms with E-state index in [1.165, 1.54) is 0 Å². The molecule has 0 saturated heterocycles. The van der Waals surface area contributed by atoms with Gasteiger partial charge in [0.15, 0.2) is 0 Å². The van der Waals surface area contributed by atoms with E-state index >= 15 is 0 Å². The summed E-state index contributed by atoms with van der Waals surface area (Å²) in [7, 11) is 0. The van der Waals surface area contributed by atoms with Crippen molar-refractivity contribution >= 4 is 23.1 Å².